The van der Waals surface area contributed by atoms with Crippen LogP contribution in [0.3, 0.4) is 0 Å². The molecular weight excluding hydrogens is 442 g/mol. The normalized spacial score (nSPS) is 14.1. The maximum Gasteiger partial charge on any atom is 0.408 e. The van der Waals surface area contributed by atoms with E-state index in [2.05, 4.69) is 17.6 Å². The molecule has 0 aromatic heterocycles. The Morgan fingerprint density at radius 1 is 1.03 bits per heavy atom. The number of nitrogens with zero attached hydrogens (tertiary/aromatic N) is 1. The van der Waals surface area contributed by atoms with E-state index in [-0.39, 0.29) is 23.8 Å². The number of ether oxygens (including phenoxy) is 1. The van der Waals surface area contributed by atoms with Gasteiger partial charge in [-0.1, -0.05) is 51.0 Å². The molecule has 198 valence electrons. The molecule has 2 N–H and O–H groups in total. The molecule has 0 aliphatic heterocycles. The van der Waals surface area contributed by atoms with E-state index in [0.29, 0.717) is 13.0 Å². The number of amides is 3. The van der Waals surface area contributed by atoms with Gasteiger partial charge >= 0.3 is 6.09 Å². The van der Waals surface area contributed by atoms with Crippen LogP contribution >= 0.6 is 0 Å². The lowest BCUT2D eigenvalue weighted by Crippen LogP contribution is -2.54. The van der Waals surface area contributed by atoms with Crippen LogP contribution in [0.4, 0.5) is 4.79 Å². The molecule has 0 heterocycles. The summed E-state index contributed by atoms with van der Waals surface area (Å²) in [5, 5.41) is 5.86. The Labute approximate surface area is 212 Å². The minimum absolute atomic E-state index is 0.0130. The van der Waals surface area contributed by atoms with E-state index in [1.165, 1.54) is 0 Å². The molecule has 0 bridgehead atoms. The largest absolute Gasteiger partial charge is 0.444 e. The van der Waals surface area contributed by atoms with E-state index in [1.54, 1.807) is 25.7 Å². The van der Waals surface area contributed by atoms with E-state index >= 15 is 0 Å². The van der Waals surface area contributed by atoms with Crippen molar-refractivity contribution in [2.24, 2.45) is 5.92 Å². The van der Waals surface area contributed by atoms with Crippen molar-refractivity contribution >= 4 is 17.9 Å². The van der Waals surface area contributed by atoms with Crippen LogP contribution in [-0.2, 0) is 14.3 Å². The number of hydrogen-bond donors (Lipinski definition) is 2. The van der Waals surface area contributed by atoms with Gasteiger partial charge in [0.1, 0.15) is 17.7 Å². The minimum Gasteiger partial charge on any atom is -0.444 e. The second-order valence-corrected chi connectivity index (χ2v) is 10.9. The molecule has 0 spiro atoms. The molecule has 0 radical (unpaired) electrons. The predicted molar refractivity (Wildman–Crippen MR) is 141 cm³/mol. The van der Waals surface area contributed by atoms with Crippen LogP contribution in [-0.4, -0.2) is 47.0 Å². The fraction of sp³-hybridized carbons (Fsp3) is 0.679. The van der Waals surface area contributed by atoms with Gasteiger partial charge in [-0.25, -0.2) is 4.79 Å². The van der Waals surface area contributed by atoms with Crippen LogP contribution < -0.4 is 10.6 Å². The smallest absolute Gasteiger partial charge is 0.408 e. The van der Waals surface area contributed by atoms with Crippen molar-refractivity contribution in [3.05, 3.63) is 34.9 Å². The molecule has 1 rings (SSSR count). The van der Waals surface area contributed by atoms with Gasteiger partial charge in [0.25, 0.3) is 0 Å². The van der Waals surface area contributed by atoms with Crippen LogP contribution in [0.2, 0.25) is 0 Å². The SMILES string of the molecule is CCCC(C)NC(=O)C(c1ccc(C)cc1C)N(CC)C(=O)C(CC(C)C)NC(=O)OC(C)(C)C. The van der Waals surface area contributed by atoms with Crippen molar-refractivity contribution in [3.8, 4) is 0 Å². The molecule has 7 heteroatoms. The van der Waals surface area contributed by atoms with Gasteiger partial charge in [-0.3, -0.25) is 9.59 Å². The molecule has 0 aliphatic rings. The Kier molecular flexibility index (Phi) is 11.7. The number of benzene rings is 1. The molecule has 3 amide bonds. The second-order valence-electron chi connectivity index (χ2n) is 10.9. The van der Waals surface area contributed by atoms with Crippen LogP contribution in [0.15, 0.2) is 18.2 Å². The van der Waals surface area contributed by atoms with Crippen LogP contribution in [0.25, 0.3) is 0 Å². The molecule has 1 aromatic rings. The maximum absolute atomic E-state index is 13.9. The third kappa shape index (κ3) is 9.90. The first-order valence-corrected chi connectivity index (χ1v) is 12.9. The molecular formula is C28H47N3O4. The minimum atomic E-state index is -0.807. The Morgan fingerprint density at radius 3 is 2.14 bits per heavy atom. The predicted octanol–water partition coefficient (Wildman–Crippen LogP) is 5.44. The number of rotatable bonds is 11. The number of likely N-dealkylation sites (N-methyl/N-ethyl adjacent to an activating group) is 1. The zero-order valence-corrected chi connectivity index (χ0v) is 23.5. The third-order valence-electron chi connectivity index (χ3n) is 5.71. The highest BCUT2D eigenvalue weighted by atomic mass is 16.6. The fourth-order valence-electron chi connectivity index (χ4n) is 4.22. The summed E-state index contributed by atoms with van der Waals surface area (Å²) < 4.78 is 5.42. The second kappa shape index (κ2) is 13.5. The summed E-state index contributed by atoms with van der Waals surface area (Å²) in [6, 6.07) is 4.28. The Balaban J connectivity index is 3.42. The molecule has 0 fully saturated rings. The highest BCUT2D eigenvalue weighted by Gasteiger charge is 2.36. The first kappa shape index (κ1) is 30.5. The van der Waals surface area contributed by atoms with Gasteiger partial charge in [0, 0.05) is 12.6 Å². The molecule has 1 aromatic carbocycles. The van der Waals surface area contributed by atoms with Gasteiger partial charge in [-0.15, -0.1) is 0 Å². The third-order valence-corrected chi connectivity index (χ3v) is 5.71. The van der Waals surface area contributed by atoms with Gasteiger partial charge < -0.3 is 20.3 Å². The zero-order valence-electron chi connectivity index (χ0n) is 23.5. The number of carbonyl (C=O) groups excluding carboxylic acids is 3. The average Bonchev–Trinajstić information content (AvgIpc) is 2.70. The Morgan fingerprint density at radius 2 is 1.66 bits per heavy atom. The highest BCUT2D eigenvalue weighted by Crippen LogP contribution is 2.27. The van der Waals surface area contributed by atoms with E-state index < -0.39 is 23.8 Å². The summed E-state index contributed by atoms with van der Waals surface area (Å²) >= 11 is 0. The molecule has 0 aliphatic carbocycles. The van der Waals surface area contributed by atoms with E-state index in [1.807, 2.05) is 59.7 Å². The summed E-state index contributed by atoms with van der Waals surface area (Å²) in [5.41, 5.74) is 2.13. The van der Waals surface area contributed by atoms with Crippen molar-refractivity contribution in [3.63, 3.8) is 0 Å². The number of nitrogens with one attached hydrogen (secondary N) is 2. The van der Waals surface area contributed by atoms with Crippen molar-refractivity contribution in [1.29, 1.82) is 0 Å². The highest BCUT2D eigenvalue weighted by molar-refractivity contribution is 5.92. The van der Waals surface area contributed by atoms with Crippen LogP contribution in [0.5, 0.6) is 0 Å². The van der Waals surface area contributed by atoms with E-state index in [0.717, 1.165) is 29.5 Å². The Bertz CT molecular complexity index is 860. The average molecular weight is 490 g/mol. The van der Waals surface area contributed by atoms with Crippen molar-refractivity contribution in [2.45, 2.75) is 112 Å². The van der Waals surface area contributed by atoms with Crippen LogP contribution in [0, 0.1) is 19.8 Å². The summed E-state index contributed by atoms with van der Waals surface area (Å²) in [6.45, 7) is 19.5. The van der Waals surface area contributed by atoms with Gasteiger partial charge in [-0.2, -0.15) is 0 Å². The summed E-state index contributed by atoms with van der Waals surface area (Å²) in [4.78, 5) is 41.6. The fourth-order valence-corrected chi connectivity index (χ4v) is 4.22. The first-order chi connectivity index (χ1) is 16.2. The molecule has 0 saturated carbocycles. The lowest BCUT2D eigenvalue weighted by Gasteiger charge is -2.35. The first-order valence-electron chi connectivity index (χ1n) is 12.9. The van der Waals surface area contributed by atoms with E-state index in [4.69, 9.17) is 4.74 Å². The summed E-state index contributed by atoms with van der Waals surface area (Å²) in [5.74, 6) is -0.362. The van der Waals surface area contributed by atoms with Crippen molar-refractivity contribution < 1.29 is 19.1 Å². The maximum atomic E-state index is 13.9. The molecule has 7 nitrogen and oxygen atoms in total. The molecule has 0 saturated heterocycles. The Hall–Kier alpha value is -2.57. The van der Waals surface area contributed by atoms with Crippen molar-refractivity contribution in [1.82, 2.24) is 15.5 Å². The molecule has 35 heavy (non-hydrogen) atoms. The quantitative estimate of drug-likeness (QED) is 0.433. The summed E-state index contributed by atoms with van der Waals surface area (Å²) in [6.07, 6.45) is 1.59. The standard InChI is InChI=1S/C28H47N3O4/c1-11-13-21(7)29-25(32)24(22-15-14-19(5)17-20(22)6)31(12-2)26(33)23(16-18(3)4)30-27(34)35-28(8,9)10/h14-15,17-18,21,23-24H,11-13,16H2,1-10H3,(H,29,32)(H,30,34). The van der Waals surface area contributed by atoms with E-state index in [9.17, 15) is 14.4 Å². The number of carbonyl (C=O) groups is 3. The molecule has 3 atom stereocenters. The monoisotopic (exact) mass is 489 g/mol. The van der Waals surface area contributed by atoms with Gasteiger partial charge in [0.15, 0.2) is 0 Å². The topological polar surface area (TPSA) is 87.7 Å². The van der Waals surface area contributed by atoms with Gasteiger partial charge in [0.2, 0.25) is 11.8 Å². The number of aryl methyl sites for hydroxylation is 2. The zero-order chi connectivity index (χ0) is 26.9. The molecule has 3 unspecified atom stereocenters. The van der Waals surface area contributed by atoms with Crippen molar-refractivity contribution in [2.75, 3.05) is 6.54 Å². The van der Waals surface area contributed by atoms with Gasteiger partial charge in [-0.05, 0) is 78.4 Å². The lowest BCUT2D eigenvalue weighted by atomic mass is 9.95. The lowest BCUT2D eigenvalue weighted by molar-refractivity contribution is -0.142. The number of alkyl carbamates (subject to hydrolysis) is 1. The van der Waals surface area contributed by atoms with Gasteiger partial charge in [0.05, 0.1) is 0 Å². The van der Waals surface area contributed by atoms with Crippen LogP contribution in [0.1, 0.15) is 97.4 Å². The number of hydrogen-bond acceptors (Lipinski definition) is 4. The summed E-state index contributed by atoms with van der Waals surface area (Å²) in [7, 11) is 0.